The Morgan fingerprint density at radius 2 is 1.89 bits per heavy atom. The summed E-state index contributed by atoms with van der Waals surface area (Å²) < 4.78 is 57.7. The molecule has 0 aliphatic carbocycles. The zero-order valence-electron chi connectivity index (χ0n) is 14.4. The number of halogens is 4. The van der Waals surface area contributed by atoms with Crippen LogP contribution in [-0.4, -0.2) is 33.3 Å². The number of benzene rings is 2. The van der Waals surface area contributed by atoms with E-state index in [1.807, 2.05) is 0 Å². The minimum absolute atomic E-state index is 0.0605. The summed E-state index contributed by atoms with van der Waals surface area (Å²) in [4.78, 5) is 11.4. The summed E-state index contributed by atoms with van der Waals surface area (Å²) in [5.74, 6) is -1.27. The normalized spacial score (nSPS) is 11.3. The number of methoxy groups -OCH3 is 1. The Labute approximate surface area is 155 Å². The molecule has 2 aromatic carbocycles. The number of esters is 1. The van der Waals surface area contributed by atoms with Crippen molar-refractivity contribution >= 4 is 11.7 Å². The van der Waals surface area contributed by atoms with Crippen LogP contribution in [0.25, 0.3) is 5.69 Å². The number of rotatable bonds is 5. The van der Waals surface area contributed by atoms with Gasteiger partial charge in [0.1, 0.15) is 5.82 Å². The second-order valence-corrected chi connectivity index (χ2v) is 5.59. The highest BCUT2D eigenvalue weighted by atomic mass is 19.4. The number of carbonyl (C=O) groups is 1. The summed E-state index contributed by atoms with van der Waals surface area (Å²) in [6, 6.07) is 8.19. The van der Waals surface area contributed by atoms with Crippen LogP contribution in [0.5, 0.6) is 0 Å². The standard InChI is InChI=1S/C17H13F4N5O2/c1-28-16(27)13-7-4-11(8-14(13)18)22-9-15-23-24-25-26(15)12-5-2-10(3-6-12)17(19,20)21/h2-8,22H,9H2,1H3. The Hall–Kier alpha value is -3.50. The second-order valence-electron chi connectivity index (χ2n) is 5.59. The van der Waals surface area contributed by atoms with Crippen LogP contribution in [0.2, 0.25) is 0 Å². The average Bonchev–Trinajstić information content (AvgIpc) is 3.14. The fourth-order valence-corrected chi connectivity index (χ4v) is 2.39. The van der Waals surface area contributed by atoms with Gasteiger partial charge in [-0.1, -0.05) is 0 Å². The van der Waals surface area contributed by atoms with E-state index < -0.39 is 23.5 Å². The number of ether oxygens (including phenoxy) is 1. The van der Waals surface area contributed by atoms with Gasteiger partial charge in [-0.25, -0.2) is 9.18 Å². The van der Waals surface area contributed by atoms with Crippen molar-refractivity contribution in [1.82, 2.24) is 20.2 Å². The molecule has 0 radical (unpaired) electrons. The summed E-state index contributed by atoms with van der Waals surface area (Å²) in [6.07, 6.45) is -4.44. The van der Waals surface area contributed by atoms with Gasteiger partial charge in [0.05, 0.1) is 30.5 Å². The maximum atomic E-state index is 14.0. The smallest absolute Gasteiger partial charge is 0.416 e. The molecule has 1 aromatic heterocycles. The zero-order valence-corrected chi connectivity index (χ0v) is 14.4. The highest BCUT2D eigenvalue weighted by Crippen LogP contribution is 2.29. The van der Waals surface area contributed by atoms with Crippen LogP contribution < -0.4 is 5.32 Å². The molecule has 11 heteroatoms. The number of anilines is 1. The molecule has 0 atom stereocenters. The molecule has 0 bridgehead atoms. The summed E-state index contributed by atoms with van der Waals surface area (Å²) in [5.41, 5.74) is -0.304. The highest BCUT2D eigenvalue weighted by molar-refractivity contribution is 5.90. The fraction of sp³-hybridized carbons (Fsp3) is 0.176. The minimum Gasteiger partial charge on any atom is -0.465 e. The summed E-state index contributed by atoms with van der Waals surface area (Å²) in [6.45, 7) is 0.0605. The average molecular weight is 395 g/mol. The third-order valence-electron chi connectivity index (χ3n) is 3.80. The largest absolute Gasteiger partial charge is 0.465 e. The van der Waals surface area contributed by atoms with E-state index in [-0.39, 0.29) is 17.9 Å². The molecule has 3 rings (SSSR count). The summed E-state index contributed by atoms with van der Waals surface area (Å²) in [7, 11) is 1.15. The number of aromatic nitrogens is 4. The van der Waals surface area contributed by atoms with Crippen LogP contribution in [0.15, 0.2) is 42.5 Å². The molecule has 0 spiro atoms. The number of tetrazole rings is 1. The van der Waals surface area contributed by atoms with E-state index in [2.05, 4.69) is 25.6 Å². The van der Waals surface area contributed by atoms with Crippen LogP contribution in [-0.2, 0) is 17.5 Å². The third-order valence-corrected chi connectivity index (χ3v) is 3.80. The lowest BCUT2D eigenvalue weighted by Crippen LogP contribution is -2.10. The van der Waals surface area contributed by atoms with Gasteiger partial charge >= 0.3 is 12.1 Å². The second kappa shape index (κ2) is 7.62. The number of hydrogen-bond acceptors (Lipinski definition) is 6. The Bertz CT molecular complexity index is 986. The van der Waals surface area contributed by atoms with Crippen molar-refractivity contribution in [2.75, 3.05) is 12.4 Å². The monoisotopic (exact) mass is 395 g/mol. The van der Waals surface area contributed by atoms with Gasteiger partial charge in [0.25, 0.3) is 0 Å². The van der Waals surface area contributed by atoms with Crippen molar-refractivity contribution in [3.8, 4) is 5.69 Å². The predicted molar refractivity (Wildman–Crippen MR) is 89.2 cm³/mol. The molecule has 1 heterocycles. The fourth-order valence-electron chi connectivity index (χ4n) is 2.39. The summed E-state index contributed by atoms with van der Waals surface area (Å²) in [5, 5.41) is 14.0. The zero-order chi connectivity index (χ0) is 20.3. The molecule has 0 saturated carbocycles. The molecule has 146 valence electrons. The molecule has 3 aromatic rings. The lowest BCUT2D eigenvalue weighted by atomic mass is 10.2. The maximum Gasteiger partial charge on any atom is 0.416 e. The van der Waals surface area contributed by atoms with E-state index in [0.717, 1.165) is 25.3 Å². The van der Waals surface area contributed by atoms with Crippen LogP contribution in [0.3, 0.4) is 0 Å². The first-order chi connectivity index (χ1) is 13.3. The Balaban J connectivity index is 1.75. The Kier molecular flexibility index (Phi) is 5.25. The van der Waals surface area contributed by atoms with E-state index in [4.69, 9.17) is 0 Å². The Morgan fingerprint density at radius 3 is 2.50 bits per heavy atom. The summed E-state index contributed by atoms with van der Waals surface area (Å²) >= 11 is 0. The van der Waals surface area contributed by atoms with Crippen LogP contribution >= 0.6 is 0 Å². The van der Waals surface area contributed by atoms with Crippen molar-refractivity contribution in [3.05, 3.63) is 65.2 Å². The third kappa shape index (κ3) is 4.08. The molecule has 28 heavy (non-hydrogen) atoms. The molecule has 0 unspecified atom stereocenters. The van der Waals surface area contributed by atoms with Crippen LogP contribution in [0.4, 0.5) is 23.2 Å². The van der Waals surface area contributed by atoms with Gasteiger partial charge in [-0.15, -0.1) is 5.10 Å². The number of nitrogens with zero attached hydrogens (tertiary/aromatic N) is 4. The number of hydrogen-bond donors (Lipinski definition) is 1. The molecule has 0 amide bonds. The van der Waals surface area contributed by atoms with Gasteiger partial charge in [0.15, 0.2) is 5.82 Å². The van der Waals surface area contributed by atoms with Gasteiger partial charge in [0.2, 0.25) is 0 Å². The van der Waals surface area contributed by atoms with E-state index in [0.29, 0.717) is 11.4 Å². The molecular weight excluding hydrogens is 382 g/mol. The Morgan fingerprint density at radius 1 is 1.18 bits per heavy atom. The van der Waals surface area contributed by atoms with Crippen LogP contribution in [0.1, 0.15) is 21.7 Å². The van der Waals surface area contributed by atoms with Gasteiger partial charge in [-0.05, 0) is 52.9 Å². The first-order valence-electron chi connectivity index (χ1n) is 7.86. The molecular formula is C17H13F4N5O2. The van der Waals surface area contributed by atoms with Crippen molar-refractivity contribution in [2.45, 2.75) is 12.7 Å². The topological polar surface area (TPSA) is 81.9 Å². The molecule has 0 fully saturated rings. The first-order valence-corrected chi connectivity index (χ1v) is 7.86. The van der Waals surface area contributed by atoms with E-state index >= 15 is 0 Å². The van der Waals surface area contributed by atoms with E-state index in [1.165, 1.54) is 28.9 Å². The molecule has 0 aliphatic rings. The van der Waals surface area contributed by atoms with Crippen molar-refractivity contribution in [1.29, 1.82) is 0 Å². The lowest BCUT2D eigenvalue weighted by Gasteiger charge is -2.10. The van der Waals surface area contributed by atoms with Gasteiger partial charge in [-0.2, -0.15) is 17.9 Å². The lowest BCUT2D eigenvalue weighted by molar-refractivity contribution is -0.137. The number of carbonyl (C=O) groups excluding carboxylic acids is 1. The molecule has 0 aliphatic heterocycles. The number of nitrogens with one attached hydrogen (secondary N) is 1. The van der Waals surface area contributed by atoms with Gasteiger partial charge in [-0.3, -0.25) is 0 Å². The predicted octanol–water partition coefficient (Wildman–Crippen LogP) is 3.22. The van der Waals surface area contributed by atoms with Gasteiger partial charge < -0.3 is 10.1 Å². The van der Waals surface area contributed by atoms with Crippen LogP contribution in [0, 0.1) is 5.82 Å². The minimum atomic E-state index is -4.44. The number of alkyl halides is 3. The van der Waals surface area contributed by atoms with Crippen molar-refractivity contribution < 1.29 is 27.1 Å². The van der Waals surface area contributed by atoms with Gasteiger partial charge in [0, 0.05) is 5.69 Å². The van der Waals surface area contributed by atoms with Crippen molar-refractivity contribution in [2.24, 2.45) is 0 Å². The molecule has 1 N–H and O–H groups in total. The SMILES string of the molecule is COC(=O)c1ccc(NCc2nnnn2-c2ccc(C(F)(F)F)cc2)cc1F. The quantitative estimate of drug-likeness (QED) is 0.528. The highest BCUT2D eigenvalue weighted by Gasteiger charge is 2.30. The first kappa shape index (κ1) is 19.3. The molecule has 0 saturated heterocycles. The van der Waals surface area contributed by atoms with E-state index in [9.17, 15) is 22.4 Å². The van der Waals surface area contributed by atoms with E-state index in [1.54, 1.807) is 0 Å². The molecule has 7 nitrogen and oxygen atoms in total. The van der Waals surface area contributed by atoms with Crippen molar-refractivity contribution in [3.63, 3.8) is 0 Å². The maximum absolute atomic E-state index is 14.0.